The normalized spacial score (nSPS) is 11.2. The second-order valence-electron chi connectivity index (χ2n) is 4.80. The van der Waals surface area contributed by atoms with Gasteiger partial charge in [0.1, 0.15) is 24.7 Å². The summed E-state index contributed by atoms with van der Waals surface area (Å²) < 4.78 is 11.2. The lowest BCUT2D eigenvalue weighted by molar-refractivity contribution is 0.362. The van der Waals surface area contributed by atoms with E-state index in [4.69, 9.17) is 9.47 Å². The molecule has 0 atom stereocenters. The van der Waals surface area contributed by atoms with Gasteiger partial charge < -0.3 is 9.47 Å². The first-order valence-corrected chi connectivity index (χ1v) is 8.49. The molecule has 3 heteroatoms. The van der Waals surface area contributed by atoms with Gasteiger partial charge in [-0.3, -0.25) is 0 Å². The van der Waals surface area contributed by atoms with Crippen molar-refractivity contribution in [2.75, 3.05) is 13.2 Å². The molecule has 0 bridgehead atoms. The van der Waals surface area contributed by atoms with Crippen LogP contribution in [0.3, 0.4) is 0 Å². The molecule has 0 aliphatic rings. The Balaban J connectivity index is 1.88. The number of rotatable bonds is 8. The zero-order valence-electron chi connectivity index (χ0n) is 13.6. The summed E-state index contributed by atoms with van der Waals surface area (Å²) in [6.45, 7) is 5.19. The Kier molecular flexibility index (Phi) is 7.34. The molecule has 0 aliphatic carbocycles. The second-order valence-corrected chi connectivity index (χ2v) is 5.95. The van der Waals surface area contributed by atoms with Gasteiger partial charge >= 0.3 is 0 Å². The zero-order valence-corrected chi connectivity index (χ0v) is 14.4. The van der Waals surface area contributed by atoms with E-state index in [1.54, 1.807) is 11.8 Å². The van der Waals surface area contributed by atoms with Crippen molar-refractivity contribution < 1.29 is 9.47 Å². The molecule has 23 heavy (non-hydrogen) atoms. The van der Waals surface area contributed by atoms with Crippen LogP contribution in [0, 0.1) is 0 Å². The van der Waals surface area contributed by atoms with Gasteiger partial charge in [-0.1, -0.05) is 36.1 Å². The number of hydrogen-bond donors (Lipinski definition) is 0. The van der Waals surface area contributed by atoms with Crippen LogP contribution < -0.4 is 9.47 Å². The lowest BCUT2D eigenvalue weighted by Crippen LogP contribution is -1.92. The molecule has 0 saturated carbocycles. The van der Waals surface area contributed by atoms with Crippen LogP contribution in [0.25, 0.3) is 0 Å². The first kappa shape index (κ1) is 17.2. The molecule has 0 saturated heterocycles. The highest BCUT2D eigenvalue weighted by Crippen LogP contribution is 2.30. The van der Waals surface area contributed by atoms with E-state index in [-0.39, 0.29) is 0 Å². The molecule has 0 unspecified atom stereocenters. The van der Waals surface area contributed by atoms with Crippen molar-refractivity contribution in [3.8, 4) is 11.5 Å². The molecule has 120 valence electrons. The summed E-state index contributed by atoms with van der Waals surface area (Å²) in [6, 6.07) is 16.3. The average molecular weight is 326 g/mol. The lowest BCUT2D eigenvalue weighted by Gasteiger charge is -2.07. The Labute approximate surface area is 142 Å². The van der Waals surface area contributed by atoms with Gasteiger partial charge in [0.05, 0.1) is 0 Å². The minimum Gasteiger partial charge on any atom is -0.490 e. The highest BCUT2D eigenvalue weighted by atomic mass is 32.2. The largest absolute Gasteiger partial charge is 0.490 e. The molecule has 0 N–H and O–H groups in total. The maximum atomic E-state index is 5.60. The molecule has 0 fully saturated rings. The molecule has 2 aromatic carbocycles. The van der Waals surface area contributed by atoms with Gasteiger partial charge in [0.15, 0.2) is 0 Å². The summed E-state index contributed by atoms with van der Waals surface area (Å²) in [5.41, 5.74) is 0. The summed E-state index contributed by atoms with van der Waals surface area (Å²) in [5.74, 6) is 1.78. The lowest BCUT2D eigenvalue weighted by atomic mass is 10.3. The van der Waals surface area contributed by atoms with Crippen LogP contribution in [0.4, 0.5) is 0 Å². The first-order chi connectivity index (χ1) is 11.3. The Morgan fingerprint density at radius 2 is 1.09 bits per heavy atom. The fourth-order valence-corrected chi connectivity index (χ4v) is 2.64. The van der Waals surface area contributed by atoms with Crippen LogP contribution in [-0.4, -0.2) is 13.2 Å². The topological polar surface area (TPSA) is 18.5 Å². The maximum Gasteiger partial charge on any atom is 0.119 e. The summed E-state index contributed by atoms with van der Waals surface area (Å²) >= 11 is 1.72. The van der Waals surface area contributed by atoms with E-state index in [9.17, 15) is 0 Å². The van der Waals surface area contributed by atoms with E-state index in [1.807, 2.05) is 62.4 Å². The van der Waals surface area contributed by atoms with Crippen LogP contribution >= 0.6 is 11.8 Å². The Hall–Kier alpha value is -2.13. The third kappa shape index (κ3) is 6.25. The molecule has 0 heterocycles. The van der Waals surface area contributed by atoms with Crippen molar-refractivity contribution in [2.24, 2.45) is 0 Å². The van der Waals surface area contributed by atoms with E-state index < -0.39 is 0 Å². The van der Waals surface area contributed by atoms with Crippen molar-refractivity contribution in [1.29, 1.82) is 0 Å². The minimum atomic E-state index is 0.609. The quantitative estimate of drug-likeness (QED) is 0.576. The van der Waals surface area contributed by atoms with Crippen LogP contribution in [0.15, 0.2) is 82.6 Å². The smallest absolute Gasteiger partial charge is 0.119 e. The number of benzene rings is 2. The van der Waals surface area contributed by atoms with Crippen LogP contribution in [0.5, 0.6) is 11.5 Å². The molecule has 2 nitrogen and oxygen atoms in total. The van der Waals surface area contributed by atoms with Gasteiger partial charge in [-0.15, -0.1) is 0 Å². The standard InChI is InChI=1S/C20H22O2S/c1-3-5-15-21-17-7-11-19(12-8-17)23-20-13-9-18(10-14-20)22-16-6-4-2/h3-14H,15-16H2,1-2H3/b5-3+,6-4+. The number of ether oxygens (including phenoxy) is 2. The predicted octanol–water partition coefficient (Wildman–Crippen LogP) is 5.75. The monoisotopic (exact) mass is 326 g/mol. The molecular weight excluding hydrogens is 304 g/mol. The van der Waals surface area contributed by atoms with Crippen molar-refractivity contribution >= 4 is 11.8 Å². The van der Waals surface area contributed by atoms with Crippen molar-refractivity contribution in [3.63, 3.8) is 0 Å². The van der Waals surface area contributed by atoms with Gasteiger partial charge in [0.2, 0.25) is 0 Å². The van der Waals surface area contributed by atoms with Crippen LogP contribution in [0.1, 0.15) is 13.8 Å². The minimum absolute atomic E-state index is 0.609. The first-order valence-electron chi connectivity index (χ1n) is 7.67. The maximum absolute atomic E-state index is 5.60. The van der Waals surface area contributed by atoms with Gasteiger partial charge in [-0.25, -0.2) is 0 Å². The zero-order chi connectivity index (χ0) is 16.3. The van der Waals surface area contributed by atoms with Crippen LogP contribution in [-0.2, 0) is 0 Å². The summed E-state index contributed by atoms with van der Waals surface area (Å²) in [5, 5.41) is 0. The van der Waals surface area contributed by atoms with Gasteiger partial charge in [-0.2, -0.15) is 0 Å². The van der Waals surface area contributed by atoms with E-state index in [1.165, 1.54) is 9.79 Å². The van der Waals surface area contributed by atoms with Crippen LogP contribution in [0.2, 0.25) is 0 Å². The summed E-state index contributed by atoms with van der Waals surface area (Å²) in [4.78, 5) is 2.37. The van der Waals surface area contributed by atoms with Gasteiger partial charge in [-0.05, 0) is 62.4 Å². The van der Waals surface area contributed by atoms with Gasteiger partial charge in [0.25, 0.3) is 0 Å². The van der Waals surface area contributed by atoms with Crippen molar-refractivity contribution in [1.82, 2.24) is 0 Å². The Bertz CT molecular complexity index is 570. The number of allylic oxidation sites excluding steroid dienone is 2. The fraction of sp³-hybridized carbons (Fsp3) is 0.200. The van der Waals surface area contributed by atoms with E-state index in [0.29, 0.717) is 13.2 Å². The third-order valence-corrected chi connectivity index (χ3v) is 4.06. The molecule has 0 amide bonds. The molecule has 0 aliphatic heterocycles. The number of hydrogen-bond acceptors (Lipinski definition) is 3. The fourth-order valence-electron chi connectivity index (χ4n) is 1.83. The molecule has 2 aromatic rings. The molecule has 2 rings (SSSR count). The Morgan fingerprint density at radius 3 is 1.43 bits per heavy atom. The Morgan fingerprint density at radius 1 is 0.696 bits per heavy atom. The van der Waals surface area contributed by atoms with E-state index in [0.717, 1.165) is 11.5 Å². The third-order valence-electron chi connectivity index (χ3n) is 3.05. The summed E-state index contributed by atoms with van der Waals surface area (Å²) in [6.07, 6.45) is 7.94. The van der Waals surface area contributed by atoms with Gasteiger partial charge in [0, 0.05) is 9.79 Å². The van der Waals surface area contributed by atoms with Crippen molar-refractivity contribution in [3.05, 3.63) is 72.8 Å². The SMILES string of the molecule is C/C=C/COc1ccc(Sc2ccc(OC/C=C/C)cc2)cc1. The average Bonchev–Trinajstić information content (AvgIpc) is 2.58. The molecule has 0 spiro atoms. The van der Waals surface area contributed by atoms with Crippen molar-refractivity contribution in [2.45, 2.75) is 23.6 Å². The molecule has 0 radical (unpaired) electrons. The molecular formula is C20H22O2S. The second kappa shape index (κ2) is 9.80. The highest BCUT2D eigenvalue weighted by Gasteiger charge is 2.00. The summed E-state index contributed by atoms with van der Waals surface area (Å²) in [7, 11) is 0. The highest BCUT2D eigenvalue weighted by molar-refractivity contribution is 7.99. The molecule has 0 aromatic heterocycles. The predicted molar refractivity (Wildman–Crippen MR) is 97.6 cm³/mol. The van der Waals surface area contributed by atoms with E-state index >= 15 is 0 Å². The van der Waals surface area contributed by atoms with E-state index in [2.05, 4.69) is 24.3 Å².